The quantitative estimate of drug-likeness (QED) is 0.281. The molecule has 1 N–H and O–H groups in total. The van der Waals surface area contributed by atoms with Crippen LogP contribution in [0.5, 0.6) is 5.75 Å². The molecule has 1 unspecified atom stereocenters. The topological polar surface area (TPSA) is 92.2 Å². The molecule has 3 aliphatic rings. The zero-order valence-corrected chi connectivity index (χ0v) is 28.4. The number of aromatic nitrogens is 1. The molecule has 0 bridgehead atoms. The number of hydrogen-bond donors (Lipinski definition) is 1. The van der Waals surface area contributed by atoms with Gasteiger partial charge in [-0.3, -0.25) is 9.69 Å². The Morgan fingerprint density at radius 1 is 1.11 bits per heavy atom. The molecule has 0 aliphatic carbocycles. The fourth-order valence-electron chi connectivity index (χ4n) is 6.99. The maximum absolute atomic E-state index is 12.8. The fourth-order valence-corrected chi connectivity index (χ4v) is 7.29. The van der Waals surface area contributed by atoms with Crippen LogP contribution in [-0.2, 0) is 28.8 Å². The minimum atomic E-state index is -0.809. The van der Waals surface area contributed by atoms with Crippen molar-refractivity contribution < 1.29 is 24.2 Å². The van der Waals surface area contributed by atoms with E-state index < -0.39 is 17.5 Å². The van der Waals surface area contributed by atoms with Crippen LogP contribution in [0.25, 0.3) is 0 Å². The molecule has 1 aromatic heterocycles. The van der Waals surface area contributed by atoms with Gasteiger partial charge in [-0.05, 0) is 133 Å². The summed E-state index contributed by atoms with van der Waals surface area (Å²) >= 11 is 6.71. The van der Waals surface area contributed by atoms with Gasteiger partial charge in [0, 0.05) is 22.7 Å². The molecule has 1 fully saturated rings. The van der Waals surface area contributed by atoms with Gasteiger partial charge in [-0.2, -0.15) is 0 Å². The number of carboxylic acid groups (broad SMARTS) is 1. The van der Waals surface area contributed by atoms with Gasteiger partial charge in [0.05, 0.1) is 12.5 Å². The van der Waals surface area contributed by atoms with Crippen molar-refractivity contribution in [3.8, 4) is 5.75 Å². The Balaban J connectivity index is 1.09. The first kappa shape index (κ1) is 33.5. The number of anilines is 1. The van der Waals surface area contributed by atoms with Crippen LogP contribution in [0, 0.1) is 11.3 Å². The van der Waals surface area contributed by atoms with Gasteiger partial charge in [-0.25, -0.2) is 9.78 Å². The molecule has 4 heterocycles. The number of aliphatic carboxylic acids is 1. The number of halogens is 1. The lowest BCUT2D eigenvalue weighted by atomic mass is 9.78. The zero-order valence-electron chi connectivity index (χ0n) is 27.7. The number of carbonyl (C=O) groups is 2. The van der Waals surface area contributed by atoms with Crippen molar-refractivity contribution in [3.05, 3.63) is 51.7 Å². The SMILES string of the molecule is CC1(C)COc2cc(C(C(=O)O)C3CCN(CCCCCc4ccc5c(n4)N(C(=O)OC(C)(C)C)CCC5)CC3)c(Cl)cc2C1. The Kier molecular flexibility index (Phi) is 10.3. The third-order valence-corrected chi connectivity index (χ3v) is 9.62. The summed E-state index contributed by atoms with van der Waals surface area (Å²) in [4.78, 5) is 34.4. The van der Waals surface area contributed by atoms with Crippen LogP contribution in [0.15, 0.2) is 24.3 Å². The van der Waals surface area contributed by atoms with Gasteiger partial charge in [0.25, 0.3) is 0 Å². The second-order valence-electron chi connectivity index (χ2n) is 14.9. The standard InChI is InChI=1S/C36H50ClN3O5/c1-35(2,3)45-34(43)40-17-9-10-25-12-13-27(38-32(25)40)11-7-6-8-16-39-18-14-24(15-19-39)31(33(41)42)28-21-30-26(20-29(28)37)22-36(4,5)23-44-30/h12-13,20-21,24,31H,6-11,14-19,22-23H2,1-5H3,(H,41,42). The summed E-state index contributed by atoms with van der Waals surface area (Å²) in [6.45, 7) is 14.1. The van der Waals surface area contributed by atoms with Crippen LogP contribution in [0.2, 0.25) is 5.02 Å². The summed E-state index contributed by atoms with van der Waals surface area (Å²) in [5, 5.41) is 10.8. The van der Waals surface area contributed by atoms with Gasteiger partial charge < -0.3 is 19.5 Å². The second kappa shape index (κ2) is 13.9. The molecule has 1 atom stereocenters. The molecule has 1 amide bonds. The molecule has 45 heavy (non-hydrogen) atoms. The molecule has 246 valence electrons. The van der Waals surface area contributed by atoms with Crippen molar-refractivity contribution in [2.24, 2.45) is 11.3 Å². The first-order valence-electron chi connectivity index (χ1n) is 16.7. The van der Waals surface area contributed by atoms with E-state index in [4.69, 9.17) is 26.1 Å². The molecule has 3 aliphatic heterocycles. The second-order valence-corrected chi connectivity index (χ2v) is 15.3. The van der Waals surface area contributed by atoms with E-state index in [0.29, 0.717) is 23.7 Å². The molecular formula is C36H50ClN3O5. The highest BCUT2D eigenvalue weighted by Gasteiger charge is 2.36. The molecule has 2 aromatic rings. The monoisotopic (exact) mass is 639 g/mol. The van der Waals surface area contributed by atoms with E-state index in [0.717, 1.165) is 106 Å². The predicted molar refractivity (Wildman–Crippen MR) is 178 cm³/mol. The number of pyridine rings is 1. The summed E-state index contributed by atoms with van der Waals surface area (Å²) in [6, 6.07) is 8.04. The lowest BCUT2D eigenvalue weighted by Gasteiger charge is -2.36. The normalized spacial score (nSPS) is 19.3. The molecule has 0 radical (unpaired) electrons. The first-order chi connectivity index (χ1) is 21.3. The molecule has 9 heteroatoms. The highest BCUT2D eigenvalue weighted by molar-refractivity contribution is 6.31. The van der Waals surface area contributed by atoms with Gasteiger partial charge in [0.1, 0.15) is 17.2 Å². The van der Waals surface area contributed by atoms with Crippen LogP contribution >= 0.6 is 11.6 Å². The Bertz CT molecular complexity index is 1380. The number of unbranched alkanes of at least 4 members (excludes halogenated alkanes) is 2. The van der Waals surface area contributed by atoms with E-state index in [9.17, 15) is 14.7 Å². The average molecular weight is 640 g/mol. The third-order valence-electron chi connectivity index (χ3n) is 9.29. The minimum Gasteiger partial charge on any atom is -0.493 e. The van der Waals surface area contributed by atoms with Gasteiger partial charge >= 0.3 is 12.1 Å². The zero-order chi connectivity index (χ0) is 32.4. The van der Waals surface area contributed by atoms with Crippen molar-refractivity contribution in [1.82, 2.24) is 9.88 Å². The van der Waals surface area contributed by atoms with Gasteiger partial charge in [0.2, 0.25) is 0 Å². The first-order valence-corrected chi connectivity index (χ1v) is 17.1. The Labute approximate surface area is 273 Å². The van der Waals surface area contributed by atoms with Gasteiger partial charge in [0.15, 0.2) is 0 Å². The number of likely N-dealkylation sites (tertiary alicyclic amines) is 1. The largest absolute Gasteiger partial charge is 0.493 e. The number of rotatable bonds is 9. The average Bonchev–Trinajstić information content (AvgIpc) is 2.96. The van der Waals surface area contributed by atoms with E-state index in [-0.39, 0.29) is 17.4 Å². The van der Waals surface area contributed by atoms with Crippen LogP contribution in [0.3, 0.4) is 0 Å². The Morgan fingerprint density at radius 3 is 2.58 bits per heavy atom. The molecule has 1 aromatic carbocycles. The summed E-state index contributed by atoms with van der Waals surface area (Å²) < 4.78 is 11.7. The number of piperidine rings is 1. The number of nitrogens with zero attached hydrogens (tertiary/aromatic N) is 3. The molecule has 5 rings (SSSR count). The van der Waals surface area contributed by atoms with Gasteiger partial charge in [-0.15, -0.1) is 0 Å². The molecule has 0 saturated carbocycles. The van der Waals surface area contributed by atoms with Crippen molar-refractivity contribution in [2.45, 2.75) is 104 Å². The minimum absolute atomic E-state index is 0.0416. The van der Waals surface area contributed by atoms with Crippen LogP contribution in [-0.4, -0.2) is 65.4 Å². The highest BCUT2D eigenvalue weighted by atomic mass is 35.5. The predicted octanol–water partition coefficient (Wildman–Crippen LogP) is 7.68. The molecule has 0 spiro atoms. The van der Waals surface area contributed by atoms with Gasteiger partial charge in [-0.1, -0.05) is 37.9 Å². The molecule has 8 nitrogen and oxygen atoms in total. The van der Waals surface area contributed by atoms with Crippen molar-refractivity contribution in [3.63, 3.8) is 0 Å². The third kappa shape index (κ3) is 8.50. The number of benzene rings is 1. The maximum Gasteiger partial charge on any atom is 0.416 e. The number of carbonyl (C=O) groups excluding carboxylic acids is 1. The maximum atomic E-state index is 12.8. The summed E-state index contributed by atoms with van der Waals surface area (Å²) in [7, 11) is 0. The summed E-state index contributed by atoms with van der Waals surface area (Å²) in [5.41, 5.74) is 3.37. The van der Waals surface area contributed by atoms with E-state index >= 15 is 0 Å². The van der Waals surface area contributed by atoms with E-state index in [1.165, 1.54) is 0 Å². The molecule has 1 saturated heterocycles. The van der Waals surface area contributed by atoms with E-state index in [2.05, 4.69) is 30.9 Å². The van der Waals surface area contributed by atoms with Crippen molar-refractivity contribution in [2.75, 3.05) is 37.7 Å². The van der Waals surface area contributed by atoms with Crippen LogP contribution in [0.1, 0.15) is 101 Å². The lowest BCUT2D eigenvalue weighted by Crippen LogP contribution is -2.40. The number of carboxylic acids is 1. The lowest BCUT2D eigenvalue weighted by molar-refractivity contribution is -0.140. The van der Waals surface area contributed by atoms with Crippen LogP contribution < -0.4 is 9.64 Å². The Morgan fingerprint density at radius 2 is 1.87 bits per heavy atom. The summed E-state index contributed by atoms with van der Waals surface area (Å²) in [6.07, 6.45) is 8.16. The molecular weight excluding hydrogens is 590 g/mol. The van der Waals surface area contributed by atoms with Crippen molar-refractivity contribution >= 4 is 29.5 Å². The number of fused-ring (bicyclic) bond motifs is 2. The highest BCUT2D eigenvalue weighted by Crippen LogP contribution is 2.42. The van der Waals surface area contributed by atoms with E-state index in [1.807, 2.05) is 32.9 Å². The smallest absolute Gasteiger partial charge is 0.416 e. The number of aryl methyl sites for hydroxylation is 2. The summed E-state index contributed by atoms with van der Waals surface area (Å²) in [5.74, 6) is 0.145. The number of hydrogen-bond acceptors (Lipinski definition) is 6. The van der Waals surface area contributed by atoms with Crippen LogP contribution in [0.4, 0.5) is 10.6 Å². The number of amides is 1. The fraction of sp³-hybridized carbons (Fsp3) is 0.639. The Hall–Kier alpha value is -2.84. The van der Waals surface area contributed by atoms with E-state index in [1.54, 1.807) is 4.90 Å². The number of ether oxygens (including phenoxy) is 2. The van der Waals surface area contributed by atoms with Crippen molar-refractivity contribution in [1.29, 1.82) is 0 Å².